The van der Waals surface area contributed by atoms with Crippen molar-refractivity contribution in [2.75, 3.05) is 32.4 Å². The van der Waals surface area contributed by atoms with Crippen LogP contribution in [-0.4, -0.2) is 57.0 Å². The van der Waals surface area contributed by atoms with E-state index >= 15 is 0 Å². The minimum Gasteiger partial charge on any atom is -0.315 e. The van der Waals surface area contributed by atoms with Gasteiger partial charge in [0.05, 0.1) is 11.0 Å². The average Bonchev–Trinajstić information content (AvgIpc) is 2.27. The summed E-state index contributed by atoms with van der Waals surface area (Å²) in [4.78, 5) is 2.17. The molecule has 16 heavy (non-hydrogen) atoms. The number of hydrogen-bond donors (Lipinski definition) is 1. The summed E-state index contributed by atoms with van der Waals surface area (Å²) in [6.07, 6.45) is 2.36. The van der Waals surface area contributed by atoms with Crippen LogP contribution in [0.3, 0.4) is 0 Å². The van der Waals surface area contributed by atoms with Crippen molar-refractivity contribution in [1.29, 1.82) is 0 Å². The van der Waals surface area contributed by atoms with Gasteiger partial charge in [-0.15, -0.1) is 0 Å². The van der Waals surface area contributed by atoms with Crippen molar-refractivity contribution in [1.82, 2.24) is 10.2 Å². The van der Waals surface area contributed by atoms with Gasteiger partial charge in [0.15, 0.2) is 9.84 Å². The van der Waals surface area contributed by atoms with E-state index in [4.69, 9.17) is 0 Å². The van der Waals surface area contributed by atoms with Gasteiger partial charge < -0.3 is 10.2 Å². The van der Waals surface area contributed by atoms with Crippen LogP contribution in [0.5, 0.6) is 0 Å². The van der Waals surface area contributed by atoms with Crippen molar-refractivity contribution < 1.29 is 8.42 Å². The van der Waals surface area contributed by atoms with Gasteiger partial charge in [0, 0.05) is 19.1 Å². The Labute approximate surface area is 99.3 Å². The molecule has 0 spiro atoms. The normalized spacial score (nSPS) is 22.9. The molecule has 0 radical (unpaired) electrons. The van der Waals surface area contributed by atoms with Crippen molar-refractivity contribution >= 4 is 9.84 Å². The van der Waals surface area contributed by atoms with Crippen LogP contribution in [0.1, 0.15) is 26.7 Å². The Balaban J connectivity index is 2.37. The molecule has 1 fully saturated rings. The van der Waals surface area contributed by atoms with Crippen molar-refractivity contribution in [3.8, 4) is 0 Å². The molecule has 0 aromatic rings. The predicted octanol–water partition coefficient (Wildman–Crippen LogP) is 0.493. The minimum absolute atomic E-state index is 0.259. The van der Waals surface area contributed by atoms with E-state index in [1.54, 1.807) is 13.8 Å². The first-order valence-electron chi connectivity index (χ1n) is 6.06. The monoisotopic (exact) mass is 248 g/mol. The minimum atomic E-state index is -2.89. The summed E-state index contributed by atoms with van der Waals surface area (Å²) in [6, 6.07) is 0.496. The highest BCUT2D eigenvalue weighted by atomic mass is 32.2. The Morgan fingerprint density at radius 1 is 1.44 bits per heavy atom. The lowest BCUT2D eigenvalue weighted by Gasteiger charge is -2.31. The summed E-state index contributed by atoms with van der Waals surface area (Å²) in [5.74, 6) is 0.275. The number of piperidine rings is 1. The van der Waals surface area contributed by atoms with Gasteiger partial charge in [-0.25, -0.2) is 8.42 Å². The highest BCUT2D eigenvalue weighted by Crippen LogP contribution is 2.09. The molecule has 1 aliphatic heterocycles. The fourth-order valence-electron chi connectivity index (χ4n) is 1.90. The SMILES string of the molecule is CC(C)S(=O)(=O)CCN(C)C1CCCNC1. The van der Waals surface area contributed by atoms with Gasteiger partial charge >= 0.3 is 0 Å². The molecule has 5 heteroatoms. The largest absolute Gasteiger partial charge is 0.315 e. The Morgan fingerprint density at radius 3 is 2.62 bits per heavy atom. The summed E-state index contributed by atoms with van der Waals surface area (Å²) in [5.41, 5.74) is 0. The summed E-state index contributed by atoms with van der Waals surface area (Å²) in [7, 11) is -0.873. The summed E-state index contributed by atoms with van der Waals surface area (Å²) in [6.45, 7) is 6.22. The quantitative estimate of drug-likeness (QED) is 0.769. The fraction of sp³-hybridized carbons (Fsp3) is 1.00. The molecule has 0 aromatic heterocycles. The molecule has 0 bridgehead atoms. The summed E-state index contributed by atoms with van der Waals surface area (Å²) < 4.78 is 23.4. The molecular weight excluding hydrogens is 224 g/mol. The number of rotatable bonds is 5. The van der Waals surface area contributed by atoms with E-state index in [-0.39, 0.29) is 11.0 Å². The second kappa shape index (κ2) is 5.98. The third-order valence-corrected chi connectivity index (χ3v) is 5.53. The van der Waals surface area contributed by atoms with Gasteiger partial charge in [-0.05, 0) is 40.3 Å². The maximum absolute atomic E-state index is 11.7. The molecular formula is C11H24N2O2S. The molecule has 1 atom stereocenters. The zero-order valence-corrected chi connectivity index (χ0v) is 11.4. The number of sulfone groups is 1. The molecule has 1 heterocycles. The smallest absolute Gasteiger partial charge is 0.153 e. The van der Waals surface area contributed by atoms with Gasteiger partial charge in [-0.2, -0.15) is 0 Å². The van der Waals surface area contributed by atoms with Crippen molar-refractivity contribution in [3.63, 3.8) is 0 Å². The van der Waals surface area contributed by atoms with Gasteiger partial charge in [0.1, 0.15) is 0 Å². The molecule has 96 valence electrons. The van der Waals surface area contributed by atoms with E-state index in [1.807, 2.05) is 7.05 Å². The van der Waals surface area contributed by atoms with Gasteiger partial charge in [-0.3, -0.25) is 0 Å². The van der Waals surface area contributed by atoms with Gasteiger partial charge in [-0.1, -0.05) is 0 Å². The van der Waals surface area contributed by atoms with Crippen LogP contribution < -0.4 is 5.32 Å². The molecule has 4 nitrogen and oxygen atoms in total. The number of likely N-dealkylation sites (N-methyl/N-ethyl adjacent to an activating group) is 1. The third kappa shape index (κ3) is 4.03. The van der Waals surface area contributed by atoms with E-state index < -0.39 is 9.84 Å². The van der Waals surface area contributed by atoms with Crippen molar-refractivity contribution in [2.24, 2.45) is 0 Å². The maximum Gasteiger partial charge on any atom is 0.153 e. The molecule has 0 saturated carbocycles. The molecule has 0 amide bonds. The molecule has 1 rings (SSSR count). The molecule has 0 aromatic carbocycles. The molecule has 1 N–H and O–H groups in total. The van der Waals surface area contributed by atoms with Crippen LogP contribution in [0.15, 0.2) is 0 Å². The van der Waals surface area contributed by atoms with E-state index in [1.165, 1.54) is 12.8 Å². The highest BCUT2D eigenvalue weighted by molar-refractivity contribution is 7.92. The predicted molar refractivity (Wildman–Crippen MR) is 67.4 cm³/mol. The number of nitrogens with one attached hydrogen (secondary N) is 1. The van der Waals surface area contributed by atoms with Crippen LogP contribution in [-0.2, 0) is 9.84 Å². The first-order chi connectivity index (χ1) is 7.43. The number of nitrogens with zero attached hydrogens (tertiary/aromatic N) is 1. The van der Waals surface area contributed by atoms with E-state index in [0.29, 0.717) is 12.6 Å². The third-order valence-electron chi connectivity index (χ3n) is 3.34. The summed E-state index contributed by atoms with van der Waals surface area (Å²) in [5, 5.41) is 3.09. The molecule has 1 unspecified atom stereocenters. The van der Waals surface area contributed by atoms with Gasteiger partial charge in [0.2, 0.25) is 0 Å². The Bertz CT molecular complexity index is 295. The first kappa shape index (κ1) is 13.9. The first-order valence-corrected chi connectivity index (χ1v) is 7.77. The zero-order valence-electron chi connectivity index (χ0n) is 10.6. The van der Waals surface area contributed by atoms with Crippen LogP contribution in [0.2, 0.25) is 0 Å². The van der Waals surface area contributed by atoms with Crippen molar-refractivity contribution in [3.05, 3.63) is 0 Å². The van der Waals surface area contributed by atoms with Crippen molar-refractivity contribution in [2.45, 2.75) is 38.0 Å². The molecule has 0 aliphatic carbocycles. The second-order valence-electron chi connectivity index (χ2n) is 4.90. The van der Waals surface area contributed by atoms with Crippen LogP contribution in [0, 0.1) is 0 Å². The Hall–Kier alpha value is -0.130. The Morgan fingerprint density at radius 2 is 2.12 bits per heavy atom. The van der Waals surface area contributed by atoms with E-state index in [2.05, 4.69) is 10.2 Å². The van der Waals surface area contributed by atoms with Crippen LogP contribution in [0.4, 0.5) is 0 Å². The van der Waals surface area contributed by atoms with E-state index in [0.717, 1.165) is 13.1 Å². The highest BCUT2D eigenvalue weighted by Gasteiger charge is 2.21. The lowest BCUT2D eigenvalue weighted by Crippen LogP contribution is -2.45. The average molecular weight is 248 g/mol. The number of hydrogen-bond acceptors (Lipinski definition) is 4. The maximum atomic E-state index is 11.7. The zero-order chi connectivity index (χ0) is 12.2. The topological polar surface area (TPSA) is 49.4 Å². The Kier molecular flexibility index (Phi) is 5.21. The lowest BCUT2D eigenvalue weighted by atomic mass is 10.1. The lowest BCUT2D eigenvalue weighted by molar-refractivity contribution is 0.213. The molecule has 1 saturated heterocycles. The van der Waals surface area contributed by atoms with Crippen LogP contribution >= 0.6 is 0 Å². The second-order valence-corrected chi connectivity index (χ2v) is 7.57. The fourth-order valence-corrected chi connectivity index (χ4v) is 2.91. The van der Waals surface area contributed by atoms with Crippen LogP contribution in [0.25, 0.3) is 0 Å². The van der Waals surface area contributed by atoms with Gasteiger partial charge in [0.25, 0.3) is 0 Å². The summed E-state index contributed by atoms with van der Waals surface area (Å²) >= 11 is 0. The molecule has 1 aliphatic rings. The van der Waals surface area contributed by atoms with E-state index in [9.17, 15) is 8.42 Å². The standard InChI is InChI=1S/C11H24N2O2S/c1-10(2)16(14,15)8-7-13(3)11-5-4-6-12-9-11/h10-12H,4-9H2,1-3H3.